The molecule has 0 saturated heterocycles. The second kappa shape index (κ2) is 5.08. The second-order valence-electron chi connectivity index (χ2n) is 4.23. The summed E-state index contributed by atoms with van der Waals surface area (Å²) >= 11 is 0. The van der Waals surface area contributed by atoms with Gasteiger partial charge in [0.05, 0.1) is 19.1 Å². The first-order chi connectivity index (χ1) is 7.77. The van der Waals surface area contributed by atoms with Gasteiger partial charge in [-0.1, -0.05) is 43.3 Å². The minimum absolute atomic E-state index is 0.0173. The van der Waals surface area contributed by atoms with Crippen LogP contribution in [0.25, 0.3) is 0 Å². The molecule has 1 aliphatic carbocycles. The van der Waals surface area contributed by atoms with E-state index in [0.717, 1.165) is 5.56 Å². The molecule has 84 valence electrons. The van der Waals surface area contributed by atoms with Crippen LogP contribution in [0, 0.1) is 11.8 Å². The molecule has 1 aromatic carbocycles. The molecule has 0 bridgehead atoms. The van der Waals surface area contributed by atoms with E-state index < -0.39 is 0 Å². The summed E-state index contributed by atoms with van der Waals surface area (Å²) in [6.45, 7) is 3.15. The highest BCUT2D eigenvalue weighted by atomic mass is 16.5. The minimum atomic E-state index is 0.0173. The van der Waals surface area contributed by atoms with Gasteiger partial charge in [-0.25, -0.2) is 0 Å². The van der Waals surface area contributed by atoms with Crippen LogP contribution in [0.3, 0.4) is 0 Å². The van der Waals surface area contributed by atoms with E-state index in [1.807, 2.05) is 36.4 Å². The van der Waals surface area contributed by atoms with Crippen molar-refractivity contribution < 1.29 is 9.53 Å². The van der Waals surface area contributed by atoms with Crippen molar-refractivity contribution in [2.45, 2.75) is 13.5 Å². The molecule has 0 saturated carbocycles. The maximum absolute atomic E-state index is 11.5. The third-order valence-electron chi connectivity index (χ3n) is 2.97. The van der Waals surface area contributed by atoms with Crippen LogP contribution < -0.4 is 0 Å². The van der Waals surface area contributed by atoms with E-state index in [1.54, 1.807) is 6.08 Å². The second-order valence-corrected chi connectivity index (χ2v) is 4.23. The molecule has 2 rings (SSSR count). The zero-order chi connectivity index (χ0) is 11.4. The molecule has 0 spiro atoms. The van der Waals surface area contributed by atoms with Crippen LogP contribution in [0.4, 0.5) is 0 Å². The summed E-state index contributed by atoms with van der Waals surface area (Å²) in [6.07, 6.45) is 3.63. The Labute approximate surface area is 95.9 Å². The normalized spacial score (nSPS) is 23.9. The van der Waals surface area contributed by atoms with Crippen molar-refractivity contribution in [3.63, 3.8) is 0 Å². The molecular weight excluding hydrogens is 200 g/mol. The standard InChI is InChI=1S/C14H16O2/c1-11-7-8-14(15)13(11)10-16-9-12-5-3-2-4-6-12/h2-8,11,13H,9-10H2,1H3. The van der Waals surface area contributed by atoms with Crippen LogP contribution in [0.5, 0.6) is 0 Å². The molecule has 0 fully saturated rings. The Balaban J connectivity index is 1.79. The highest BCUT2D eigenvalue weighted by Crippen LogP contribution is 2.22. The first kappa shape index (κ1) is 11.1. The van der Waals surface area contributed by atoms with Crippen LogP contribution >= 0.6 is 0 Å². The molecule has 0 aliphatic heterocycles. The summed E-state index contributed by atoms with van der Waals surface area (Å²) in [5.41, 5.74) is 1.15. The number of allylic oxidation sites excluding steroid dienone is 2. The van der Waals surface area contributed by atoms with E-state index in [-0.39, 0.29) is 11.7 Å². The fourth-order valence-electron chi connectivity index (χ4n) is 1.88. The highest BCUT2D eigenvalue weighted by Gasteiger charge is 2.26. The molecule has 2 unspecified atom stereocenters. The van der Waals surface area contributed by atoms with Crippen molar-refractivity contribution in [2.75, 3.05) is 6.61 Å². The minimum Gasteiger partial charge on any atom is -0.376 e. The third kappa shape index (κ3) is 2.58. The van der Waals surface area contributed by atoms with Gasteiger partial charge in [0.1, 0.15) is 0 Å². The van der Waals surface area contributed by atoms with Gasteiger partial charge < -0.3 is 4.74 Å². The zero-order valence-electron chi connectivity index (χ0n) is 9.43. The lowest BCUT2D eigenvalue weighted by atomic mass is 9.98. The topological polar surface area (TPSA) is 26.3 Å². The van der Waals surface area contributed by atoms with E-state index in [1.165, 1.54) is 0 Å². The molecule has 2 atom stereocenters. The SMILES string of the molecule is CC1C=CC(=O)C1COCc1ccccc1. The van der Waals surface area contributed by atoms with Crippen molar-refractivity contribution in [1.29, 1.82) is 0 Å². The summed E-state index contributed by atoms with van der Waals surface area (Å²) in [5, 5.41) is 0. The Kier molecular flexibility index (Phi) is 3.52. The van der Waals surface area contributed by atoms with Gasteiger partial charge in [-0.15, -0.1) is 0 Å². The fourth-order valence-corrected chi connectivity index (χ4v) is 1.88. The van der Waals surface area contributed by atoms with Crippen LogP contribution in [0.2, 0.25) is 0 Å². The first-order valence-electron chi connectivity index (χ1n) is 5.61. The van der Waals surface area contributed by atoms with Gasteiger partial charge in [-0.3, -0.25) is 4.79 Å². The number of rotatable bonds is 4. The number of carbonyl (C=O) groups is 1. The van der Waals surface area contributed by atoms with Crippen LogP contribution in [0.15, 0.2) is 42.5 Å². The van der Waals surface area contributed by atoms with E-state index >= 15 is 0 Å². The Morgan fingerprint density at radius 1 is 1.25 bits per heavy atom. The van der Waals surface area contributed by atoms with Crippen molar-refractivity contribution >= 4 is 5.78 Å². The molecule has 0 aromatic heterocycles. The van der Waals surface area contributed by atoms with E-state index in [9.17, 15) is 4.79 Å². The number of ether oxygens (including phenoxy) is 1. The average Bonchev–Trinajstić information content (AvgIpc) is 2.62. The van der Waals surface area contributed by atoms with Gasteiger partial charge >= 0.3 is 0 Å². The average molecular weight is 216 g/mol. The Morgan fingerprint density at radius 3 is 2.62 bits per heavy atom. The summed E-state index contributed by atoms with van der Waals surface area (Å²) in [4.78, 5) is 11.5. The van der Waals surface area contributed by atoms with Crippen molar-refractivity contribution in [3.8, 4) is 0 Å². The highest BCUT2D eigenvalue weighted by molar-refractivity contribution is 5.94. The number of ketones is 1. The van der Waals surface area contributed by atoms with Crippen LogP contribution in [-0.2, 0) is 16.1 Å². The molecule has 0 amide bonds. The fraction of sp³-hybridized carbons (Fsp3) is 0.357. The molecular formula is C14H16O2. The Morgan fingerprint density at radius 2 is 2.00 bits per heavy atom. The predicted molar refractivity (Wildman–Crippen MR) is 62.9 cm³/mol. The van der Waals surface area contributed by atoms with Gasteiger partial charge in [0.25, 0.3) is 0 Å². The molecule has 16 heavy (non-hydrogen) atoms. The lowest BCUT2D eigenvalue weighted by molar-refractivity contribution is -0.120. The summed E-state index contributed by atoms with van der Waals surface area (Å²) in [6, 6.07) is 10.0. The summed E-state index contributed by atoms with van der Waals surface area (Å²) in [7, 11) is 0. The molecule has 1 aliphatic rings. The van der Waals surface area contributed by atoms with Gasteiger partial charge in [0.2, 0.25) is 0 Å². The Bertz CT molecular complexity index is 381. The Hall–Kier alpha value is -1.41. The lowest BCUT2D eigenvalue weighted by Gasteiger charge is -2.14. The maximum atomic E-state index is 11.5. The largest absolute Gasteiger partial charge is 0.376 e. The van der Waals surface area contributed by atoms with Crippen LogP contribution in [-0.4, -0.2) is 12.4 Å². The van der Waals surface area contributed by atoms with E-state index in [2.05, 4.69) is 6.92 Å². The van der Waals surface area contributed by atoms with Gasteiger partial charge in [0.15, 0.2) is 5.78 Å². The monoisotopic (exact) mass is 216 g/mol. The molecule has 0 N–H and O–H groups in total. The van der Waals surface area contributed by atoms with Gasteiger partial charge in [0, 0.05) is 0 Å². The van der Waals surface area contributed by atoms with Gasteiger partial charge in [-0.05, 0) is 17.6 Å². The lowest BCUT2D eigenvalue weighted by Crippen LogP contribution is -2.20. The molecule has 2 nitrogen and oxygen atoms in total. The maximum Gasteiger partial charge on any atom is 0.161 e. The number of benzene rings is 1. The quantitative estimate of drug-likeness (QED) is 0.773. The molecule has 2 heteroatoms. The van der Waals surface area contributed by atoms with Gasteiger partial charge in [-0.2, -0.15) is 0 Å². The van der Waals surface area contributed by atoms with Crippen molar-refractivity contribution in [3.05, 3.63) is 48.0 Å². The van der Waals surface area contributed by atoms with Crippen molar-refractivity contribution in [1.82, 2.24) is 0 Å². The predicted octanol–water partition coefficient (Wildman–Crippen LogP) is 2.59. The summed E-state index contributed by atoms with van der Waals surface area (Å²) in [5.74, 6) is 0.521. The molecule has 0 radical (unpaired) electrons. The van der Waals surface area contributed by atoms with E-state index in [4.69, 9.17) is 4.74 Å². The third-order valence-corrected chi connectivity index (χ3v) is 2.97. The smallest absolute Gasteiger partial charge is 0.161 e. The van der Waals surface area contributed by atoms with Crippen LogP contribution in [0.1, 0.15) is 12.5 Å². The zero-order valence-corrected chi connectivity index (χ0v) is 9.43. The van der Waals surface area contributed by atoms with E-state index in [0.29, 0.717) is 19.1 Å². The number of carbonyl (C=O) groups excluding carboxylic acids is 1. The first-order valence-corrected chi connectivity index (χ1v) is 5.61. The number of hydrogen-bond donors (Lipinski definition) is 0. The summed E-state index contributed by atoms with van der Waals surface area (Å²) < 4.78 is 5.58. The molecule has 0 heterocycles. The number of hydrogen-bond acceptors (Lipinski definition) is 2. The van der Waals surface area contributed by atoms with Crippen molar-refractivity contribution in [2.24, 2.45) is 11.8 Å². The molecule has 1 aromatic rings.